The first kappa shape index (κ1) is 17.4. The van der Waals surface area contributed by atoms with E-state index in [1.54, 1.807) is 6.07 Å². The van der Waals surface area contributed by atoms with Gasteiger partial charge >= 0.3 is 0 Å². The fourth-order valence-electron chi connectivity index (χ4n) is 4.18. The van der Waals surface area contributed by atoms with E-state index in [0.29, 0.717) is 28.6 Å². The molecular formula is C18H19Cl2NO3. The zero-order valence-electron chi connectivity index (χ0n) is 13.8. The van der Waals surface area contributed by atoms with Crippen molar-refractivity contribution in [1.29, 1.82) is 0 Å². The summed E-state index contributed by atoms with van der Waals surface area (Å²) < 4.78 is 0. The number of hydrogen-bond acceptors (Lipinski definition) is 3. The minimum atomic E-state index is -1.26. The quantitative estimate of drug-likeness (QED) is 0.798. The molecule has 128 valence electrons. The van der Waals surface area contributed by atoms with Crippen molar-refractivity contribution in [2.75, 3.05) is 5.32 Å². The molecule has 1 N–H and O–H groups in total. The predicted octanol–water partition coefficient (Wildman–Crippen LogP) is 4.14. The Morgan fingerprint density at radius 3 is 2.29 bits per heavy atom. The van der Waals surface area contributed by atoms with Crippen LogP contribution in [0, 0.1) is 22.7 Å². The topological polar surface area (TPSA) is 63.2 Å². The van der Waals surface area contributed by atoms with Gasteiger partial charge in [0.15, 0.2) is 17.5 Å². The Balaban J connectivity index is 1.91. The van der Waals surface area contributed by atoms with Crippen molar-refractivity contribution < 1.29 is 14.4 Å². The lowest BCUT2D eigenvalue weighted by atomic mass is 9.55. The van der Waals surface area contributed by atoms with Crippen LogP contribution in [0.4, 0.5) is 5.69 Å². The highest BCUT2D eigenvalue weighted by Crippen LogP contribution is 2.61. The Morgan fingerprint density at radius 2 is 1.71 bits per heavy atom. The molecule has 3 atom stereocenters. The highest BCUT2D eigenvalue weighted by atomic mass is 35.5. The van der Waals surface area contributed by atoms with E-state index in [4.69, 9.17) is 23.2 Å². The van der Waals surface area contributed by atoms with E-state index in [0.717, 1.165) is 0 Å². The molecule has 3 rings (SSSR count). The summed E-state index contributed by atoms with van der Waals surface area (Å²) in [6, 6.07) is 4.60. The number of Topliss-reactive ketones (excluding diaryl/α,β-unsaturated/α-hetero) is 2. The highest BCUT2D eigenvalue weighted by Gasteiger charge is 2.66. The molecule has 24 heavy (non-hydrogen) atoms. The summed E-state index contributed by atoms with van der Waals surface area (Å²) in [7, 11) is 0. The molecule has 0 heterocycles. The minimum absolute atomic E-state index is 0.265. The number of anilines is 1. The van der Waals surface area contributed by atoms with Crippen molar-refractivity contribution in [1.82, 2.24) is 0 Å². The molecule has 2 aliphatic rings. The lowest BCUT2D eigenvalue weighted by Gasteiger charge is -2.46. The Labute approximate surface area is 150 Å². The van der Waals surface area contributed by atoms with Crippen LogP contribution in [0.15, 0.2) is 18.2 Å². The zero-order valence-corrected chi connectivity index (χ0v) is 15.3. The maximum absolute atomic E-state index is 13.0. The number of fused-ring (bicyclic) bond motifs is 2. The Bertz CT molecular complexity index is 738. The summed E-state index contributed by atoms with van der Waals surface area (Å²) in [4.78, 5) is 38.4. The van der Waals surface area contributed by atoms with Gasteiger partial charge < -0.3 is 5.32 Å². The van der Waals surface area contributed by atoms with Crippen LogP contribution in [-0.2, 0) is 14.4 Å². The van der Waals surface area contributed by atoms with Crippen LogP contribution >= 0.6 is 23.2 Å². The Morgan fingerprint density at radius 1 is 1.12 bits per heavy atom. The number of ketones is 2. The molecule has 3 unspecified atom stereocenters. The van der Waals surface area contributed by atoms with E-state index >= 15 is 0 Å². The van der Waals surface area contributed by atoms with Gasteiger partial charge in [0.05, 0.1) is 0 Å². The molecule has 1 amide bonds. The van der Waals surface area contributed by atoms with Crippen LogP contribution < -0.4 is 5.32 Å². The summed E-state index contributed by atoms with van der Waals surface area (Å²) in [6.45, 7) is 5.77. The van der Waals surface area contributed by atoms with E-state index in [9.17, 15) is 14.4 Å². The summed E-state index contributed by atoms with van der Waals surface area (Å²) >= 11 is 11.8. The van der Waals surface area contributed by atoms with Gasteiger partial charge in [0.1, 0.15) is 0 Å². The minimum Gasteiger partial charge on any atom is -0.325 e. The van der Waals surface area contributed by atoms with Crippen LogP contribution in [0.25, 0.3) is 0 Å². The average Bonchev–Trinajstić information content (AvgIpc) is 2.62. The third-order valence-electron chi connectivity index (χ3n) is 6.05. The van der Waals surface area contributed by atoms with E-state index in [-0.39, 0.29) is 17.5 Å². The van der Waals surface area contributed by atoms with E-state index in [1.807, 2.05) is 20.8 Å². The summed E-state index contributed by atoms with van der Waals surface area (Å²) in [5.41, 5.74) is -0.697. The number of carbonyl (C=O) groups excluding carboxylic acids is 3. The maximum atomic E-state index is 13.0. The van der Waals surface area contributed by atoms with Gasteiger partial charge in [-0.15, -0.1) is 0 Å². The molecule has 2 bridgehead atoms. The Kier molecular flexibility index (Phi) is 4.04. The summed E-state index contributed by atoms with van der Waals surface area (Å²) in [6.07, 6.45) is 1.29. The summed E-state index contributed by atoms with van der Waals surface area (Å²) in [5.74, 6) is -2.67. The maximum Gasteiger partial charge on any atom is 0.242 e. The number of amides is 1. The monoisotopic (exact) mass is 367 g/mol. The highest BCUT2D eigenvalue weighted by molar-refractivity contribution is 6.35. The lowest BCUT2D eigenvalue weighted by Crippen LogP contribution is -2.56. The van der Waals surface area contributed by atoms with E-state index in [2.05, 4.69) is 5.32 Å². The largest absolute Gasteiger partial charge is 0.325 e. The fourth-order valence-corrected chi connectivity index (χ4v) is 4.70. The first-order chi connectivity index (χ1) is 11.1. The number of rotatable bonds is 2. The summed E-state index contributed by atoms with van der Waals surface area (Å²) in [5, 5.41) is 3.35. The number of benzene rings is 1. The molecule has 2 fully saturated rings. The predicted molar refractivity (Wildman–Crippen MR) is 93.2 cm³/mol. The van der Waals surface area contributed by atoms with Crippen LogP contribution in [-0.4, -0.2) is 17.5 Å². The third kappa shape index (κ3) is 2.39. The van der Waals surface area contributed by atoms with Crippen molar-refractivity contribution in [2.45, 2.75) is 33.6 Å². The number of carbonyl (C=O) groups is 3. The SMILES string of the molecule is CC12CCC(C(=O)C(C(=O)Nc3cc(Cl)cc(Cl)c3)C1=O)C2(C)C. The normalized spacial score (nSPS) is 31.2. The molecule has 0 aliphatic heterocycles. The second-order valence-electron chi connectivity index (χ2n) is 7.49. The van der Waals surface area contributed by atoms with Crippen LogP contribution in [0.3, 0.4) is 0 Å². The zero-order chi connectivity index (χ0) is 17.9. The van der Waals surface area contributed by atoms with Gasteiger partial charge in [-0.3, -0.25) is 14.4 Å². The van der Waals surface area contributed by atoms with E-state index < -0.39 is 22.7 Å². The van der Waals surface area contributed by atoms with Crippen molar-refractivity contribution in [3.8, 4) is 0 Å². The molecule has 0 aromatic heterocycles. The average molecular weight is 368 g/mol. The molecule has 6 heteroatoms. The first-order valence-electron chi connectivity index (χ1n) is 7.93. The number of nitrogens with one attached hydrogen (secondary N) is 1. The molecule has 2 aliphatic carbocycles. The van der Waals surface area contributed by atoms with Crippen LogP contribution in [0.1, 0.15) is 33.6 Å². The van der Waals surface area contributed by atoms with Crippen molar-refractivity contribution in [3.63, 3.8) is 0 Å². The second-order valence-corrected chi connectivity index (χ2v) is 8.36. The van der Waals surface area contributed by atoms with Gasteiger partial charge in [-0.1, -0.05) is 44.0 Å². The molecule has 4 nitrogen and oxygen atoms in total. The number of halogens is 2. The lowest BCUT2D eigenvalue weighted by molar-refractivity contribution is -0.156. The Hall–Kier alpha value is -1.39. The molecule has 2 saturated carbocycles. The molecule has 1 aromatic carbocycles. The molecular weight excluding hydrogens is 349 g/mol. The fraction of sp³-hybridized carbons (Fsp3) is 0.500. The van der Waals surface area contributed by atoms with Gasteiger partial charge in [-0.05, 0) is 36.5 Å². The van der Waals surface area contributed by atoms with Crippen LogP contribution in [0.5, 0.6) is 0 Å². The van der Waals surface area contributed by atoms with Gasteiger partial charge in [0.2, 0.25) is 5.91 Å². The van der Waals surface area contributed by atoms with Gasteiger partial charge in [0, 0.05) is 27.1 Å². The standard InChI is InChI=1S/C18H19Cl2NO3/c1-17(2)12-4-5-18(17,3)15(23)13(14(12)22)16(24)21-11-7-9(19)6-10(20)8-11/h6-8,12-13H,4-5H2,1-3H3,(H,21,24). The number of hydrogen-bond donors (Lipinski definition) is 1. The van der Waals surface area contributed by atoms with E-state index in [1.165, 1.54) is 12.1 Å². The smallest absolute Gasteiger partial charge is 0.242 e. The van der Waals surface area contributed by atoms with Crippen LogP contribution in [0.2, 0.25) is 10.0 Å². The van der Waals surface area contributed by atoms with Gasteiger partial charge in [0.25, 0.3) is 0 Å². The molecule has 0 radical (unpaired) electrons. The first-order valence-corrected chi connectivity index (χ1v) is 8.68. The van der Waals surface area contributed by atoms with Crippen molar-refractivity contribution >= 4 is 46.4 Å². The van der Waals surface area contributed by atoms with Crippen molar-refractivity contribution in [3.05, 3.63) is 28.2 Å². The second kappa shape index (κ2) is 5.57. The third-order valence-corrected chi connectivity index (χ3v) is 6.49. The van der Waals surface area contributed by atoms with Crippen molar-refractivity contribution in [2.24, 2.45) is 22.7 Å². The molecule has 0 spiro atoms. The van der Waals surface area contributed by atoms with Gasteiger partial charge in [-0.2, -0.15) is 0 Å². The van der Waals surface area contributed by atoms with Gasteiger partial charge in [-0.25, -0.2) is 0 Å². The molecule has 0 saturated heterocycles. The molecule has 1 aromatic rings.